The molecule has 0 saturated carbocycles. The molecule has 0 bridgehead atoms. The molecule has 0 aliphatic carbocycles. The number of nitro groups is 1. The molecule has 0 fully saturated rings. The Bertz CT molecular complexity index is 440. The van der Waals surface area contributed by atoms with Crippen LogP contribution in [0.3, 0.4) is 0 Å². The molecule has 1 aromatic carbocycles. The van der Waals surface area contributed by atoms with Gasteiger partial charge in [0.05, 0.1) is 17.6 Å². The molecule has 112 valence electrons. The van der Waals surface area contributed by atoms with Gasteiger partial charge in [0, 0.05) is 26.8 Å². The molecule has 0 aliphatic rings. The highest BCUT2D eigenvalue weighted by atomic mass is 16.6. The molecule has 3 N–H and O–H groups in total. The number of nitrogens with one attached hydrogen (secondary N) is 2. The summed E-state index contributed by atoms with van der Waals surface area (Å²) in [6.45, 7) is 1.45. The van der Waals surface area contributed by atoms with Gasteiger partial charge in [-0.3, -0.25) is 10.1 Å². The van der Waals surface area contributed by atoms with Gasteiger partial charge in [0.2, 0.25) is 0 Å². The number of hydrogen-bond donors (Lipinski definition) is 3. The lowest BCUT2D eigenvalue weighted by molar-refractivity contribution is -0.384. The minimum atomic E-state index is -0.492. The molecule has 1 atom stereocenters. The summed E-state index contributed by atoms with van der Waals surface area (Å²) in [5, 5.41) is 26.3. The second-order valence-electron chi connectivity index (χ2n) is 4.43. The van der Waals surface area contributed by atoms with E-state index in [9.17, 15) is 15.2 Å². The van der Waals surface area contributed by atoms with E-state index >= 15 is 0 Å². The number of nitrogens with zero attached hydrogens (tertiary/aromatic N) is 1. The van der Waals surface area contributed by atoms with E-state index in [2.05, 4.69) is 10.6 Å². The Morgan fingerprint density at radius 2 is 2.25 bits per heavy atom. The fourth-order valence-corrected chi connectivity index (χ4v) is 1.83. The van der Waals surface area contributed by atoms with E-state index in [0.29, 0.717) is 31.8 Å². The summed E-state index contributed by atoms with van der Waals surface area (Å²) in [4.78, 5) is 10.5. The summed E-state index contributed by atoms with van der Waals surface area (Å²) in [5.41, 5.74) is 1.39. The zero-order valence-corrected chi connectivity index (χ0v) is 11.8. The van der Waals surface area contributed by atoms with Crippen molar-refractivity contribution in [1.82, 2.24) is 5.32 Å². The maximum atomic E-state index is 10.9. The molecule has 0 spiro atoms. The topological polar surface area (TPSA) is 96.7 Å². The van der Waals surface area contributed by atoms with Gasteiger partial charge in [0.15, 0.2) is 0 Å². The molecule has 7 nitrogen and oxygen atoms in total. The molecule has 0 aliphatic heterocycles. The number of methoxy groups -OCH3 is 1. The third kappa shape index (κ3) is 5.12. The predicted octanol–water partition coefficient (Wildman–Crippen LogP) is 1.12. The van der Waals surface area contributed by atoms with Gasteiger partial charge in [-0.15, -0.1) is 0 Å². The second kappa shape index (κ2) is 8.47. The number of benzene rings is 1. The smallest absolute Gasteiger partial charge is 0.292 e. The number of aliphatic hydroxyl groups is 1. The van der Waals surface area contributed by atoms with Crippen LogP contribution in [0, 0.1) is 10.1 Å². The van der Waals surface area contributed by atoms with E-state index in [1.807, 2.05) is 6.07 Å². The van der Waals surface area contributed by atoms with E-state index in [4.69, 9.17) is 4.74 Å². The van der Waals surface area contributed by atoms with E-state index in [1.165, 1.54) is 0 Å². The summed E-state index contributed by atoms with van der Waals surface area (Å²) in [5.74, 6) is 0. The molecule has 7 heteroatoms. The van der Waals surface area contributed by atoms with Crippen molar-refractivity contribution in [2.24, 2.45) is 0 Å². The van der Waals surface area contributed by atoms with Crippen molar-refractivity contribution in [1.29, 1.82) is 0 Å². The van der Waals surface area contributed by atoms with Gasteiger partial charge in [-0.25, -0.2) is 0 Å². The zero-order chi connectivity index (χ0) is 15.0. The van der Waals surface area contributed by atoms with Crippen LogP contribution >= 0.6 is 0 Å². The Labute approximate surface area is 118 Å². The molecular formula is C13H21N3O4. The summed E-state index contributed by atoms with van der Waals surface area (Å²) >= 11 is 0. The maximum absolute atomic E-state index is 10.9. The standard InChI is InChI=1S/C13H21N3O4/c1-14-12-4-3-10(7-13(12)16(18)19)8-15-6-5-11(17)9-20-2/h3-4,7,11,14-15,17H,5-6,8-9H2,1-2H3. The molecule has 20 heavy (non-hydrogen) atoms. The quantitative estimate of drug-likeness (QED) is 0.357. The van der Waals surface area contributed by atoms with Crippen molar-refractivity contribution in [3.8, 4) is 0 Å². The van der Waals surface area contributed by atoms with Crippen LogP contribution in [0.1, 0.15) is 12.0 Å². The lowest BCUT2D eigenvalue weighted by Gasteiger charge is -2.10. The summed E-state index contributed by atoms with van der Waals surface area (Å²) < 4.78 is 4.83. The van der Waals surface area contributed by atoms with Gasteiger partial charge in [-0.2, -0.15) is 0 Å². The van der Waals surface area contributed by atoms with E-state index in [1.54, 1.807) is 26.3 Å². The molecule has 1 aromatic rings. The molecule has 0 heterocycles. The van der Waals surface area contributed by atoms with Crippen LogP contribution in [-0.2, 0) is 11.3 Å². The largest absolute Gasteiger partial charge is 0.391 e. The lowest BCUT2D eigenvalue weighted by atomic mass is 10.1. The minimum Gasteiger partial charge on any atom is -0.391 e. The molecular weight excluding hydrogens is 262 g/mol. The number of hydrogen-bond acceptors (Lipinski definition) is 6. The Kier molecular flexibility index (Phi) is 6.92. The summed E-state index contributed by atoms with van der Waals surface area (Å²) in [6.07, 6.45) is 0.0818. The van der Waals surface area contributed by atoms with E-state index < -0.39 is 11.0 Å². The fourth-order valence-electron chi connectivity index (χ4n) is 1.83. The lowest BCUT2D eigenvalue weighted by Crippen LogP contribution is -2.23. The maximum Gasteiger partial charge on any atom is 0.292 e. The highest BCUT2D eigenvalue weighted by molar-refractivity contribution is 5.62. The number of nitro benzene ring substituents is 1. The Balaban J connectivity index is 2.48. The van der Waals surface area contributed by atoms with Crippen molar-refractivity contribution in [3.63, 3.8) is 0 Å². The van der Waals surface area contributed by atoms with Crippen molar-refractivity contribution in [2.45, 2.75) is 19.1 Å². The highest BCUT2D eigenvalue weighted by Gasteiger charge is 2.13. The van der Waals surface area contributed by atoms with Crippen molar-refractivity contribution >= 4 is 11.4 Å². The molecule has 0 aromatic heterocycles. The Hall–Kier alpha value is -1.70. The highest BCUT2D eigenvalue weighted by Crippen LogP contribution is 2.24. The Morgan fingerprint density at radius 3 is 2.85 bits per heavy atom. The van der Waals surface area contributed by atoms with Crippen molar-refractivity contribution in [2.75, 3.05) is 32.6 Å². The van der Waals surface area contributed by atoms with Crippen LogP contribution < -0.4 is 10.6 Å². The van der Waals surface area contributed by atoms with E-state index in [-0.39, 0.29) is 5.69 Å². The Morgan fingerprint density at radius 1 is 1.50 bits per heavy atom. The summed E-state index contributed by atoms with van der Waals surface area (Å²) in [7, 11) is 3.19. The number of ether oxygens (including phenoxy) is 1. The monoisotopic (exact) mass is 283 g/mol. The molecule has 1 unspecified atom stereocenters. The fraction of sp³-hybridized carbons (Fsp3) is 0.538. The first-order chi connectivity index (χ1) is 9.58. The SMILES string of the molecule is CNc1ccc(CNCCC(O)COC)cc1[N+](=O)[O-]. The number of rotatable bonds is 9. The third-order valence-corrected chi connectivity index (χ3v) is 2.87. The van der Waals surface area contributed by atoms with Gasteiger partial charge in [0.25, 0.3) is 5.69 Å². The van der Waals surface area contributed by atoms with Gasteiger partial charge < -0.3 is 20.5 Å². The normalized spacial score (nSPS) is 12.2. The van der Waals surface area contributed by atoms with Crippen LogP contribution in [0.25, 0.3) is 0 Å². The van der Waals surface area contributed by atoms with Crippen molar-refractivity contribution < 1.29 is 14.8 Å². The number of aliphatic hydroxyl groups excluding tert-OH is 1. The second-order valence-corrected chi connectivity index (χ2v) is 4.43. The number of anilines is 1. The third-order valence-electron chi connectivity index (χ3n) is 2.87. The molecule has 0 amide bonds. The summed E-state index contributed by atoms with van der Waals surface area (Å²) in [6, 6.07) is 5.07. The van der Waals surface area contributed by atoms with Gasteiger partial charge in [-0.1, -0.05) is 6.07 Å². The first-order valence-electron chi connectivity index (χ1n) is 6.41. The van der Waals surface area contributed by atoms with Crippen LogP contribution in [0.5, 0.6) is 0 Å². The molecule has 0 saturated heterocycles. The van der Waals surface area contributed by atoms with E-state index in [0.717, 1.165) is 5.56 Å². The minimum absolute atomic E-state index is 0.0613. The molecule has 0 radical (unpaired) electrons. The van der Waals surface area contributed by atoms with Gasteiger partial charge in [-0.05, 0) is 24.6 Å². The van der Waals surface area contributed by atoms with Gasteiger partial charge in [0.1, 0.15) is 5.69 Å². The van der Waals surface area contributed by atoms with Crippen molar-refractivity contribution in [3.05, 3.63) is 33.9 Å². The first kappa shape index (κ1) is 16.4. The average molecular weight is 283 g/mol. The molecule has 1 rings (SSSR count). The predicted molar refractivity (Wildman–Crippen MR) is 76.8 cm³/mol. The van der Waals surface area contributed by atoms with Crippen LogP contribution in [0.2, 0.25) is 0 Å². The van der Waals surface area contributed by atoms with Crippen LogP contribution in [0.4, 0.5) is 11.4 Å². The zero-order valence-electron chi connectivity index (χ0n) is 11.8. The van der Waals surface area contributed by atoms with Crippen LogP contribution in [-0.4, -0.2) is 43.4 Å². The van der Waals surface area contributed by atoms with Crippen LogP contribution in [0.15, 0.2) is 18.2 Å². The first-order valence-corrected chi connectivity index (χ1v) is 6.41. The average Bonchev–Trinajstić information content (AvgIpc) is 2.43. The van der Waals surface area contributed by atoms with Gasteiger partial charge >= 0.3 is 0 Å².